The molecule has 0 amide bonds. The van der Waals surface area contributed by atoms with E-state index < -0.39 is 23.3 Å². The molecule has 2 fully saturated rings. The molecule has 1 unspecified atom stereocenters. The largest absolute Gasteiger partial charge is 0.324 e. The average Bonchev–Trinajstić information content (AvgIpc) is 2.82. The smallest absolute Gasteiger partial charge is 0.159 e. The van der Waals surface area contributed by atoms with Crippen molar-refractivity contribution in [2.45, 2.75) is 37.8 Å². The lowest BCUT2D eigenvalue weighted by Gasteiger charge is -2.44. The second-order valence-corrected chi connectivity index (χ2v) is 8.58. The van der Waals surface area contributed by atoms with Crippen LogP contribution >= 0.6 is 0 Å². The molecule has 1 nitrogen and oxygen atoms in total. The molecule has 2 bridgehead atoms. The van der Waals surface area contributed by atoms with E-state index in [1.54, 1.807) is 0 Å². The van der Waals surface area contributed by atoms with E-state index in [1.807, 2.05) is 6.08 Å². The van der Waals surface area contributed by atoms with E-state index in [0.717, 1.165) is 41.6 Å². The first-order valence-electron chi connectivity index (χ1n) is 9.71. The van der Waals surface area contributed by atoms with E-state index in [1.165, 1.54) is 25.0 Å². The summed E-state index contributed by atoms with van der Waals surface area (Å²) < 4.78 is 55.6. The Morgan fingerprint density at radius 3 is 1.68 bits per heavy atom. The Balaban J connectivity index is 1.76. The van der Waals surface area contributed by atoms with Crippen LogP contribution in [-0.2, 0) is 0 Å². The molecule has 2 saturated heterocycles. The zero-order chi connectivity index (χ0) is 20.1. The molecule has 0 N–H and O–H groups in total. The molecule has 0 aliphatic carbocycles. The van der Waals surface area contributed by atoms with Gasteiger partial charge >= 0.3 is 0 Å². The number of piperidine rings is 1. The predicted octanol–water partition coefficient (Wildman–Crippen LogP) is 5.69. The van der Waals surface area contributed by atoms with Gasteiger partial charge in [0, 0.05) is 25.7 Å². The summed E-state index contributed by atoms with van der Waals surface area (Å²) in [4.78, 5) is 0. The van der Waals surface area contributed by atoms with Crippen LogP contribution in [-0.4, -0.2) is 30.7 Å². The number of hydrogen-bond acceptors (Lipinski definition) is 0. The second kappa shape index (κ2) is 7.03. The van der Waals surface area contributed by atoms with Gasteiger partial charge in [0.2, 0.25) is 0 Å². The summed E-state index contributed by atoms with van der Waals surface area (Å²) in [5.74, 6) is -3.49. The fourth-order valence-electron chi connectivity index (χ4n) is 4.98. The second-order valence-electron chi connectivity index (χ2n) is 8.58. The fraction of sp³-hybridized carbons (Fsp3) is 0.391. The third-order valence-electron chi connectivity index (χ3n) is 6.73. The Morgan fingerprint density at radius 2 is 1.25 bits per heavy atom. The van der Waals surface area contributed by atoms with Crippen molar-refractivity contribution in [3.63, 3.8) is 0 Å². The van der Waals surface area contributed by atoms with Crippen molar-refractivity contribution >= 4 is 5.57 Å². The van der Waals surface area contributed by atoms with Crippen molar-refractivity contribution in [2.75, 3.05) is 14.1 Å². The summed E-state index contributed by atoms with van der Waals surface area (Å²) in [5, 5.41) is 0. The highest BCUT2D eigenvalue weighted by Gasteiger charge is 2.48. The molecule has 5 heteroatoms. The van der Waals surface area contributed by atoms with Gasteiger partial charge in [0.25, 0.3) is 0 Å². The zero-order valence-corrected chi connectivity index (χ0v) is 16.1. The quantitative estimate of drug-likeness (QED) is 0.466. The highest BCUT2D eigenvalue weighted by atomic mass is 19.2. The fourth-order valence-corrected chi connectivity index (χ4v) is 4.98. The van der Waals surface area contributed by atoms with Gasteiger partial charge in [0.05, 0.1) is 26.2 Å². The number of nitrogens with zero attached hydrogens (tertiary/aromatic N) is 1. The van der Waals surface area contributed by atoms with Crippen molar-refractivity contribution in [1.29, 1.82) is 0 Å². The van der Waals surface area contributed by atoms with Gasteiger partial charge < -0.3 is 4.48 Å². The maximum absolute atomic E-state index is 13.9. The summed E-state index contributed by atoms with van der Waals surface area (Å²) in [6, 6.07) is 8.50. The molecule has 28 heavy (non-hydrogen) atoms. The van der Waals surface area contributed by atoms with E-state index in [2.05, 4.69) is 14.1 Å². The van der Waals surface area contributed by atoms with Crippen LogP contribution in [0.5, 0.6) is 0 Å². The predicted molar refractivity (Wildman–Crippen MR) is 101 cm³/mol. The number of quaternary nitrogens is 1. The molecule has 3 atom stereocenters. The molecule has 2 aromatic rings. The van der Waals surface area contributed by atoms with Gasteiger partial charge in [0.1, 0.15) is 0 Å². The highest BCUT2D eigenvalue weighted by Crippen LogP contribution is 2.43. The summed E-state index contributed by atoms with van der Waals surface area (Å²) >= 11 is 0. The number of rotatable bonds is 3. The van der Waals surface area contributed by atoms with Crippen LogP contribution < -0.4 is 0 Å². The molecule has 2 aliphatic heterocycles. The lowest BCUT2D eigenvalue weighted by atomic mass is 9.85. The van der Waals surface area contributed by atoms with Crippen molar-refractivity contribution < 1.29 is 22.0 Å². The van der Waals surface area contributed by atoms with Crippen LogP contribution in [0.2, 0.25) is 0 Å². The van der Waals surface area contributed by atoms with Crippen LogP contribution in [0, 0.1) is 29.2 Å². The minimum absolute atomic E-state index is 0.264. The van der Waals surface area contributed by atoms with Crippen LogP contribution in [0.25, 0.3) is 5.57 Å². The maximum atomic E-state index is 13.9. The lowest BCUT2D eigenvalue weighted by molar-refractivity contribution is -0.931. The van der Waals surface area contributed by atoms with Gasteiger partial charge in [-0.1, -0.05) is 18.2 Å². The molecular weight excluding hydrogens is 366 g/mol. The van der Waals surface area contributed by atoms with Gasteiger partial charge in [-0.2, -0.15) is 0 Å². The first kappa shape index (κ1) is 19.2. The third kappa shape index (κ3) is 3.37. The SMILES string of the molecule is C[N+]1(C)[C@@H]2CC[C@H]1CC(C=C(c1ccc(F)c(F)c1)c1ccc(F)c(F)c1)C2. The van der Waals surface area contributed by atoms with E-state index >= 15 is 0 Å². The standard InChI is InChI=1S/C23H24F4N/c1-28(2)17-5-6-18(28)10-14(9-17)11-19(15-3-7-20(24)22(26)12-15)16-4-8-21(25)23(27)13-16/h3-4,7-8,11-14,17-18H,5-6,9-10H2,1-2H3/q+1/t14?,17-,18+. The van der Waals surface area contributed by atoms with E-state index in [4.69, 9.17) is 0 Å². The zero-order valence-electron chi connectivity index (χ0n) is 16.1. The molecule has 4 rings (SSSR count). The maximum Gasteiger partial charge on any atom is 0.159 e. The monoisotopic (exact) mass is 390 g/mol. The Bertz CT molecular complexity index is 865. The van der Waals surface area contributed by atoms with Gasteiger partial charge in [0.15, 0.2) is 23.3 Å². The topological polar surface area (TPSA) is 0 Å². The number of hydrogen-bond donors (Lipinski definition) is 0. The van der Waals surface area contributed by atoms with Gasteiger partial charge in [-0.05, 0) is 46.9 Å². The molecule has 0 aromatic heterocycles. The minimum Gasteiger partial charge on any atom is -0.324 e. The van der Waals surface area contributed by atoms with Gasteiger partial charge in [-0.3, -0.25) is 0 Å². The number of fused-ring (bicyclic) bond motifs is 2. The first-order chi connectivity index (χ1) is 13.3. The molecular formula is C23H24F4N+. The lowest BCUT2D eigenvalue weighted by Crippen LogP contribution is -2.54. The van der Waals surface area contributed by atoms with Gasteiger partial charge in [-0.15, -0.1) is 0 Å². The molecule has 0 spiro atoms. The molecule has 2 aromatic carbocycles. The summed E-state index contributed by atoms with van der Waals surface area (Å²) in [6.07, 6.45) is 6.42. The summed E-state index contributed by atoms with van der Waals surface area (Å²) in [7, 11) is 4.54. The van der Waals surface area contributed by atoms with Crippen LogP contribution in [0.15, 0.2) is 42.5 Å². The van der Waals surface area contributed by atoms with E-state index in [-0.39, 0.29) is 5.92 Å². The number of halogens is 4. The summed E-state index contributed by atoms with van der Waals surface area (Å²) in [5.41, 5.74) is 1.56. The van der Waals surface area contributed by atoms with Gasteiger partial charge in [-0.25, -0.2) is 17.6 Å². The molecule has 148 valence electrons. The highest BCUT2D eigenvalue weighted by molar-refractivity contribution is 5.80. The Kier molecular flexibility index (Phi) is 4.82. The molecule has 2 heterocycles. The van der Waals surface area contributed by atoms with Crippen LogP contribution in [0.3, 0.4) is 0 Å². The van der Waals surface area contributed by atoms with Crippen molar-refractivity contribution in [3.8, 4) is 0 Å². The van der Waals surface area contributed by atoms with Crippen molar-refractivity contribution in [1.82, 2.24) is 0 Å². The number of allylic oxidation sites excluding steroid dienone is 1. The first-order valence-corrected chi connectivity index (χ1v) is 9.71. The molecule has 0 saturated carbocycles. The van der Waals surface area contributed by atoms with Crippen LogP contribution in [0.4, 0.5) is 17.6 Å². The Hall–Kier alpha value is -2.14. The van der Waals surface area contributed by atoms with Crippen LogP contribution in [0.1, 0.15) is 36.8 Å². The van der Waals surface area contributed by atoms with E-state index in [9.17, 15) is 17.6 Å². The average molecular weight is 390 g/mol. The molecule has 0 radical (unpaired) electrons. The normalized spacial score (nSPS) is 25.6. The third-order valence-corrected chi connectivity index (χ3v) is 6.73. The van der Waals surface area contributed by atoms with Crippen molar-refractivity contribution in [2.24, 2.45) is 5.92 Å². The van der Waals surface area contributed by atoms with E-state index in [0.29, 0.717) is 28.8 Å². The molecule has 2 aliphatic rings. The summed E-state index contributed by atoms with van der Waals surface area (Å²) in [6.45, 7) is 0. The van der Waals surface area contributed by atoms with Crippen molar-refractivity contribution in [3.05, 3.63) is 76.9 Å². The Morgan fingerprint density at radius 1 is 0.786 bits per heavy atom. The number of benzene rings is 2. The Labute approximate surface area is 162 Å². The minimum atomic E-state index is -0.951.